The highest BCUT2D eigenvalue weighted by Gasteiger charge is 2.06. The van der Waals surface area contributed by atoms with Gasteiger partial charge in [0.2, 0.25) is 5.88 Å². The van der Waals surface area contributed by atoms with Crippen LogP contribution in [-0.4, -0.2) is 9.97 Å². The summed E-state index contributed by atoms with van der Waals surface area (Å²) in [7, 11) is 0. The Morgan fingerprint density at radius 2 is 2.00 bits per heavy atom. The number of anilines is 1. The van der Waals surface area contributed by atoms with Gasteiger partial charge in [-0.05, 0) is 12.1 Å². The highest BCUT2D eigenvalue weighted by atomic mass is 19.2. The molecule has 0 radical (unpaired) electrons. The molecule has 0 amide bonds. The molecule has 2 aromatic rings. The van der Waals surface area contributed by atoms with Crippen LogP contribution in [0.4, 0.5) is 14.5 Å². The van der Waals surface area contributed by atoms with E-state index in [1.807, 2.05) is 0 Å². The first kappa shape index (κ1) is 10.3. The van der Waals surface area contributed by atoms with Crippen LogP contribution >= 0.6 is 0 Å². The first-order chi connectivity index (χ1) is 7.66. The van der Waals surface area contributed by atoms with Crippen molar-refractivity contribution in [3.05, 3.63) is 42.4 Å². The van der Waals surface area contributed by atoms with Crippen LogP contribution in [0.25, 0.3) is 0 Å². The smallest absolute Gasteiger partial charge is 0.245 e. The van der Waals surface area contributed by atoms with E-state index in [4.69, 9.17) is 10.5 Å². The summed E-state index contributed by atoms with van der Waals surface area (Å²) in [5.74, 6) is -1.72. The normalized spacial score (nSPS) is 10.1. The lowest BCUT2D eigenvalue weighted by atomic mass is 10.3. The Kier molecular flexibility index (Phi) is 2.63. The summed E-state index contributed by atoms with van der Waals surface area (Å²) in [4.78, 5) is 7.42. The standard InChI is InChI=1S/C10H7F2N3O/c11-7-2-1-6(3-8(7)12)16-10-9(13)4-14-5-15-10/h1-5H,13H2. The van der Waals surface area contributed by atoms with E-state index < -0.39 is 11.6 Å². The maximum absolute atomic E-state index is 12.9. The molecule has 6 heteroatoms. The molecule has 0 aliphatic carbocycles. The van der Waals surface area contributed by atoms with Crippen LogP contribution in [0.2, 0.25) is 0 Å². The van der Waals surface area contributed by atoms with Gasteiger partial charge in [0, 0.05) is 6.07 Å². The van der Waals surface area contributed by atoms with Crippen molar-refractivity contribution in [2.75, 3.05) is 5.73 Å². The van der Waals surface area contributed by atoms with Crippen LogP contribution in [-0.2, 0) is 0 Å². The van der Waals surface area contributed by atoms with E-state index in [9.17, 15) is 8.78 Å². The average Bonchev–Trinajstić information content (AvgIpc) is 2.27. The maximum atomic E-state index is 12.9. The highest BCUT2D eigenvalue weighted by Crippen LogP contribution is 2.24. The Bertz CT molecular complexity index is 519. The first-order valence-electron chi connectivity index (χ1n) is 4.35. The van der Waals surface area contributed by atoms with E-state index >= 15 is 0 Å². The summed E-state index contributed by atoms with van der Waals surface area (Å²) in [5.41, 5.74) is 5.73. The van der Waals surface area contributed by atoms with E-state index in [0.29, 0.717) is 0 Å². The average molecular weight is 223 g/mol. The number of nitrogen functional groups attached to an aromatic ring is 1. The molecular weight excluding hydrogens is 216 g/mol. The number of ether oxygens (including phenoxy) is 1. The number of nitrogens with zero attached hydrogens (tertiary/aromatic N) is 2. The zero-order valence-electron chi connectivity index (χ0n) is 8.02. The highest BCUT2D eigenvalue weighted by molar-refractivity contribution is 5.46. The molecule has 1 aromatic carbocycles. The van der Waals surface area contributed by atoms with Gasteiger partial charge >= 0.3 is 0 Å². The molecule has 0 saturated carbocycles. The molecule has 1 aromatic heterocycles. The molecule has 2 N–H and O–H groups in total. The summed E-state index contributed by atoms with van der Waals surface area (Å²) in [6, 6.07) is 3.15. The number of rotatable bonds is 2. The third kappa shape index (κ3) is 2.05. The lowest BCUT2D eigenvalue weighted by Gasteiger charge is -2.06. The third-order valence-corrected chi connectivity index (χ3v) is 1.81. The predicted octanol–water partition coefficient (Wildman–Crippen LogP) is 2.13. The Hall–Kier alpha value is -2.24. The number of aromatic nitrogens is 2. The summed E-state index contributed by atoms with van der Waals surface area (Å²) in [6.07, 6.45) is 2.59. The van der Waals surface area contributed by atoms with Gasteiger partial charge < -0.3 is 10.5 Å². The molecule has 16 heavy (non-hydrogen) atoms. The maximum Gasteiger partial charge on any atom is 0.245 e. The van der Waals surface area contributed by atoms with Gasteiger partial charge in [-0.15, -0.1) is 0 Å². The molecule has 0 fully saturated rings. The fraction of sp³-hybridized carbons (Fsp3) is 0. The number of nitrogens with two attached hydrogens (primary N) is 1. The second-order valence-electron chi connectivity index (χ2n) is 2.96. The zero-order valence-corrected chi connectivity index (χ0v) is 8.02. The summed E-state index contributed by atoms with van der Waals surface area (Å²) in [6.45, 7) is 0. The van der Waals surface area contributed by atoms with Crippen LogP contribution < -0.4 is 10.5 Å². The van der Waals surface area contributed by atoms with Gasteiger partial charge in [-0.2, -0.15) is 4.98 Å². The number of hydrogen-bond acceptors (Lipinski definition) is 4. The van der Waals surface area contributed by atoms with Gasteiger partial charge in [0.25, 0.3) is 0 Å². The van der Waals surface area contributed by atoms with Crippen molar-refractivity contribution in [3.63, 3.8) is 0 Å². The van der Waals surface area contributed by atoms with E-state index in [1.165, 1.54) is 18.6 Å². The number of halogens is 2. The first-order valence-corrected chi connectivity index (χ1v) is 4.35. The minimum absolute atomic E-state index is 0.0982. The number of benzene rings is 1. The Balaban J connectivity index is 2.28. The Morgan fingerprint density at radius 1 is 1.19 bits per heavy atom. The van der Waals surface area contributed by atoms with E-state index in [-0.39, 0.29) is 17.3 Å². The molecule has 0 aliphatic rings. The SMILES string of the molecule is Nc1cncnc1Oc1ccc(F)c(F)c1. The van der Waals surface area contributed by atoms with Crippen LogP contribution in [0.5, 0.6) is 11.6 Å². The van der Waals surface area contributed by atoms with Crippen molar-refractivity contribution in [3.8, 4) is 11.6 Å². The molecular formula is C10H7F2N3O. The zero-order chi connectivity index (χ0) is 11.5. The van der Waals surface area contributed by atoms with Crippen LogP contribution in [0.3, 0.4) is 0 Å². The van der Waals surface area contributed by atoms with E-state index in [1.54, 1.807) is 0 Å². The van der Waals surface area contributed by atoms with Crippen molar-refractivity contribution < 1.29 is 13.5 Å². The molecule has 0 spiro atoms. The lowest BCUT2D eigenvalue weighted by molar-refractivity contribution is 0.448. The van der Waals surface area contributed by atoms with E-state index in [0.717, 1.165) is 12.1 Å². The third-order valence-electron chi connectivity index (χ3n) is 1.81. The van der Waals surface area contributed by atoms with Crippen molar-refractivity contribution in [1.29, 1.82) is 0 Å². The van der Waals surface area contributed by atoms with Gasteiger partial charge in [0.05, 0.1) is 6.20 Å². The fourth-order valence-electron chi connectivity index (χ4n) is 1.07. The van der Waals surface area contributed by atoms with Gasteiger partial charge in [-0.3, -0.25) is 0 Å². The second-order valence-corrected chi connectivity index (χ2v) is 2.96. The van der Waals surface area contributed by atoms with Crippen molar-refractivity contribution in [1.82, 2.24) is 9.97 Å². The van der Waals surface area contributed by atoms with Crippen LogP contribution in [0.1, 0.15) is 0 Å². The molecule has 1 heterocycles. The minimum Gasteiger partial charge on any atom is -0.437 e. The molecule has 0 bridgehead atoms. The van der Waals surface area contributed by atoms with Crippen molar-refractivity contribution in [2.45, 2.75) is 0 Å². The van der Waals surface area contributed by atoms with Crippen molar-refractivity contribution in [2.24, 2.45) is 0 Å². The molecule has 0 atom stereocenters. The monoisotopic (exact) mass is 223 g/mol. The molecule has 0 saturated heterocycles. The van der Waals surface area contributed by atoms with Crippen LogP contribution in [0, 0.1) is 11.6 Å². The molecule has 2 rings (SSSR count). The van der Waals surface area contributed by atoms with Gasteiger partial charge in [0.15, 0.2) is 11.6 Å². The quantitative estimate of drug-likeness (QED) is 0.847. The van der Waals surface area contributed by atoms with E-state index in [2.05, 4.69) is 9.97 Å². The minimum atomic E-state index is -0.995. The van der Waals surface area contributed by atoms with Crippen LogP contribution in [0.15, 0.2) is 30.7 Å². The summed E-state index contributed by atoms with van der Waals surface area (Å²) in [5, 5.41) is 0. The van der Waals surface area contributed by atoms with Gasteiger partial charge in [-0.1, -0.05) is 0 Å². The molecule has 82 valence electrons. The van der Waals surface area contributed by atoms with Gasteiger partial charge in [-0.25, -0.2) is 13.8 Å². The van der Waals surface area contributed by atoms with Crippen molar-refractivity contribution >= 4 is 5.69 Å². The lowest BCUT2D eigenvalue weighted by Crippen LogP contribution is -1.96. The largest absolute Gasteiger partial charge is 0.437 e. The summed E-state index contributed by atoms with van der Waals surface area (Å²) < 4.78 is 30.7. The second kappa shape index (κ2) is 4.09. The molecule has 0 aliphatic heterocycles. The molecule has 4 nitrogen and oxygen atoms in total. The summed E-state index contributed by atoms with van der Waals surface area (Å²) >= 11 is 0. The Labute approximate surface area is 89.7 Å². The molecule has 0 unspecified atom stereocenters. The van der Waals surface area contributed by atoms with Gasteiger partial charge in [0.1, 0.15) is 17.8 Å². The predicted molar refractivity (Wildman–Crippen MR) is 52.9 cm³/mol. The topological polar surface area (TPSA) is 61.0 Å². The Morgan fingerprint density at radius 3 is 2.69 bits per heavy atom. The fourth-order valence-corrected chi connectivity index (χ4v) is 1.07. The number of hydrogen-bond donors (Lipinski definition) is 1.